The molecule has 0 bridgehead atoms. The fourth-order valence-electron chi connectivity index (χ4n) is 3.43. The Morgan fingerprint density at radius 2 is 1.93 bits per heavy atom. The summed E-state index contributed by atoms with van der Waals surface area (Å²) in [6.45, 7) is 2.38. The van der Waals surface area contributed by atoms with Gasteiger partial charge in [0.25, 0.3) is 0 Å². The molecule has 0 saturated heterocycles. The number of aryl methyl sites for hydroxylation is 1. The summed E-state index contributed by atoms with van der Waals surface area (Å²) in [6, 6.07) is 18.3. The van der Waals surface area contributed by atoms with Crippen molar-refractivity contribution in [2.75, 3.05) is 5.32 Å². The largest absolute Gasteiger partial charge is 0.378 e. The Labute approximate surface area is 172 Å². The monoisotopic (exact) mass is 398 g/mol. The quantitative estimate of drug-likeness (QED) is 0.443. The lowest BCUT2D eigenvalue weighted by molar-refractivity contribution is 0.628. The summed E-state index contributed by atoms with van der Waals surface area (Å²) in [6.07, 6.45) is 3.77. The number of aromatic nitrogens is 5. The zero-order chi connectivity index (χ0) is 20.5. The molecule has 0 unspecified atom stereocenters. The molecule has 0 aliphatic heterocycles. The molecule has 0 aliphatic rings. The molecule has 0 atom stereocenters. The number of halogens is 1. The van der Waals surface area contributed by atoms with Crippen LogP contribution in [0.2, 0.25) is 0 Å². The molecule has 6 nitrogen and oxygen atoms in total. The molecule has 7 heteroatoms. The average Bonchev–Trinajstić information content (AvgIpc) is 3.39. The van der Waals surface area contributed by atoms with Gasteiger partial charge in [0.2, 0.25) is 0 Å². The van der Waals surface area contributed by atoms with Crippen molar-refractivity contribution >= 4 is 16.6 Å². The molecule has 0 radical (unpaired) electrons. The smallest absolute Gasteiger partial charge is 0.138 e. The molecule has 3 aromatic heterocycles. The molecule has 0 fully saturated rings. The first-order chi connectivity index (χ1) is 14.7. The normalized spacial score (nSPS) is 11.1. The van der Waals surface area contributed by atoms with Crippen LogP contribution in [0.3, 0.4) is 0 Å². The van der Waals surface area contributed by atoms with Gasteiger partial charge in [-0.1, -0.05) is 18.2 Å². The predicted molar refractivity (Wildman–Crippen MR) is 115 cm³/mol. The molecule has 0 saturated carbocycles. The van der Waals surface area contributed by atoms with E-state index in [0.717, 1.165) is 39.5 Å². The van der Waals surface area contributed by atoms with E-state index in [2.05, 4.69) is 26.6 Å². The molecule has 5 aromatic rings. The van der Waals surface area contributed by atoms with E-state index in [4.69, 9.17) is 4.98 Å². The summed E-state index contributed by atoms with van der Waals surface area (Å²) in [5.74, 6) is 1.28. The van der Waals surface area contributed by atoms with E-state index in [9.17, 15) is 4.39 Å². The molecule has 5 rings (SSSR count). The molecule has 0 aliphatic carbocycles. The van der Waals surface area contributed by atoms with Gasteiger partial charge in [0.05, 0.1) is 24.0 Å². The summed E-state index contributed by atoms with van der Waals surface area (Å²) in [7, 11) is 0. The highest BCUT2D eigenvalue weighted by atomic mass is 19.1. The van der Waals surface area contributed by atoms with E-state index < -0.39 is 0 Å². The zero-order valence-electron chi connectivity index (χ0n) is 16.3. The summed E-state index contributed by atoms with van der Waals surface area (Å²) < 4.78 is 15.5. The molecule has 0 amide bonds. The van der Waals surface area contributed by atoms with Crippen LogP contribution in [0.15, 0.2) is 73.1 Å². The van der Waals surface area contributed by atoms with Crippen LogP contribution in [0.5, 0.6) is 0 Å². The van der Waals surface area contributed by atoms with Crippen molar-refractivity contribution in [1.29, 1.82) is 0 Å². The van der Waals surface area contributed by atoms with Gasteiger partial charge in [0.1, 0.15) is 17.5 Å². The maximum Gasteiger partial charge on any atom is 0.138 e. The van der Waals surface area contributed by atoms with Gasteiger partial charge in [-0.2, -0.15) is 5.10 Å². The Bertz CT molecular complexity index is 1340. The summed E-state index contributed by atoms with van der Waals surface area (Å²) in [4.78, 5) is 9.49. The van der Waals surface area contributed by atoms with Crippen molar-refractivity contribution in [3.63, 3.8) is 0 Å². The summed E-state index contributed by atoms with van der Waals surface area (Å²) in [5.41, 5.74) is 4.42. The van der Waals surface area contributed by atoms with Gasteiger partial charge in [-0.05, 0) is 49.4 Å². The van der Waals surface area contributed by atoms with Gasteiger partial charge in [-0.15, -0.1) is 0 Å². The highest BCUT2D eigenvalue weighted by molar-refractivity contribution is 5.83. The first-order valence-electron chi connectivity index (χ1n) is 9.61. The second-order valence-corrected chi connectivity index (χ2v) is 7.09. The third kappa shape index (κ3) is 3.53. The average molecular weight is 398 g/mol. The number of fused-ring (bicyclic) bond motifs is 1. The minimum absolute atomic E-state index is 0.280. The second kappa shape index (κ2) is 7.44. The lowest BCUT2D eigenvalue weighted by Crippen LogP contribution is -2.08. The van der Waals surface area contributed by atoms with E-state index in [-0.39, 0.29) is 5.82 Å². The van der Waals surface area contributed by atoms with Crippen molar-refractivity contribution < 1.29 is 4.39 Å². The lowest BCUT2D eigenvalue weighted by atomic mass is 10.1. The number of H-pyrrole nitrogens is 1. The fourth-order valence-corrected chi connectivity index (χ4v) is 3.43. The number of imidazole rings is 1. The summed E-state index contributed by atoms with van der Waals surface area (Å²) >= 11 is 0. The van der Waals surface area contributed by atoms with Crippen molar-refractivity contribution in [2.45, 2.75) is 13.5 Å². The van der Waals surface area contributed by atoms with Crippen LogP contribution in [-0.2, 0) is 6.54 Å². The van der Waals surface area contributed by atoms with Crippen molar-refractivity contribution in [1.82, 2.24) is 24.7 Å². The Morgan fingerprint density at radius 1 is 1.03 bits per heavy atom. The Balaban J connectivity index is 1.54. The Hall–Kier alpha value is -4.00. The van der Waals surface area contributed by atoms with E-state index in [1.807, 2.05) is 54.1 Å². The number of pyridine rings is 1. The standard InChI is InChI=1S/C23H19FN6/c1-15-4-2-7-22(27-15)30-14-21(16-8-9-20-17(10-16)12-26-29-20)28-23(30)13-25-19-6-3-5-18(24)11-19/h2-12,14,25H,13H2,1H3,(H,26,29). The van der Waals surface area contributed by atoms with Crippen LogP contribution in [0.4, 0.5) is 10.1 Å². The van der Waals surface area contributed by atoms with Crippen LogP contribution in [0, 0.1) is 12.7 Å². The highest BCUT2D eigenvalue weighted by Gasteiger charge is 2.13. The van der Waals surface area contributed by atoms with Gasteiger partial charge in [-0.3, -0.25) is 9.67 Å². The number of anilines is 1. The van der Waals surface area contributed by atoms with E-state index in [0.29, 0.717) is 12.2 Å². The first-order valence-corrected chi connectivity index (χ1v) is 9.61. The van der Waals surface area contributed by atoms with Gasteiger partial charge < -0.3 is 5.32 Å². The summed E-state index contributed by atoms with van der Waals surface area (Å²) in [5, 5.41) is 11.3. The highest BCUT2D eigenvalue weighted by Crippen LogP contribution is 2.25. The third-order valence-electron chi connectivity index (χ3n) is 4.91. The number of benzene rings is 2. The van der Waals surface area contributed by atoms with Crippen molar-refractivity contribution in [2.24, 2.45) is 0 Å². The maximum absolute atomic E-state index is 13.5. The number of nitrogens with zero attached hydrogens (tertiary/aromatic N) is 4. The molecular formula is C23H19FN6. The van der Waals surface area contributed by atoms with E-state index in [1.54, 1.807) is 12.3 Å². The topological polar surface area (TPSA) is 71.4 Å². The first kappa shape index (κ1) is 18.1. The van der Waals surface area contributed by atoms with Crippen LogP contribution in [0.1, 0.15) is 11.5 Å². The van der Waals surface area contributed by atoms with Crippen LogP contribution in [0.25, 0.3) is 28.0 Å². The third-order valence-corrected chi connectivity index (χ3v) is 4.91. The van der Waals surface area contributed by atoms with Crippen LogP contribution >= 0.6 is 0 Å². The number of rotatable bonds is 5. The molecule has 30 heavy (non-hydrogen) atoms. The van der Waals surface area contributed by atoms with Crippen LogP contribution < -0.4 is 5.32 Å². The molecule has 148 valence electrons. The van der Waals surface area contributed by atoms with Gasteiger partial charge in [0.15, 0.2) is 0 Å². The SMILES string of the molecule is Cc1cccc(-n2cc(-c3ccc4[nH]ncc4c3)nc2CNc2cccc(F)c2)n1. The van der Waals surface area contributed by atoms with Crippen molar-refractivity contribution in [3.05, 3.63) is 90.4 Å². The predicted octanol–water partition coefficient (Wildman–Crippen LogP) is 4.87. The Morgan fingerprint density at radius 3 is 2.80 bits per heavy atom. The number of hydrogen-bond donors (Lipinski definition) is 2. The lowest BCUT2D eigenvalue weighted by Gasteiger charge is -2.09. The van der Waals surface area contributed by atoms with Gasteiger partial charge >= 0.3 is 0 Å². The molecular weight excluding hydrogens is 379 g/mol. The molecule has 2 aromatic carbocycles. The molecule has 2 N–H and O–H groups in total. The molecule has 3 heterocycles. The Kier molecular flexibility index (Phi) is 4.48. The van der Waals surface area contributed by atoms with Gasteiger partial charge in [-0.25, -0.2) is 14.4 Å². The fraction of sp³-hybridized carbons (Fsp3) is 0.0870. The van der Waals surface area contributed by atoms with Gasteiger partial charge in [0, 0.05) is 28.5 Å². The van der Waals surface area contributed by atoms with Crippen LogP contribution in [-0.4, -0.2) is 24.7 Å². The zero-order valence-corrected chi connectivity index (χ0v) is 16.3. The molecule has 0 spiro atoms. The number of hydrogen-bond acceptors (Lipinski definition) is 4. The van der Waals surface area contributed by atoms with Crippen molar-refractivity contribution in [3.8, 4) is 17.1 Å². The minimum Gasteiger partial charge on any atom is -0.378 e. The minimum atomic E-state index is -0.280. The number of nitrogens with one attached hydrogen (secondary N) is 2. The number of aromatic amines is 1. The van der Waals surface area contributed by atoms with E-state index >= 15 is 0 Å². The maximum atomic E-state index is 13.5. The second-order valence-electron chi connectivity index (χ2n) is 7.09. The van der Waals surface area contributed by atoms with E-state index in [1.165, 1.54) is 12.1 Å².